The molecule has 0 fully saturated rings. The third-order valence-electron chi connectivity index (χ3n) is 3.09. The molecule has 0 bridgehead atoms. The van der Waals surface area contributed by atoms with Crippen LogP contribution < -0.4 is 0 Å². The molecule has 5 heteroatoms. The van der Waals surface area contributed by atoms with Gasteiger partial charge in [-0.2, -0.15) is 0 Å². The average molecular weight is 423 g/mol. The lowest BCUT2D eigenvalue weighted by Gasteiger charge is -2.14. The van der Waals surface area contributed by atoms with Crippen LogP contribution in [0, 0.1) is 6.92 Å². The van der Waals surface area contributed by atoms with E-state index in [-0.39, 0.29) is 12.0 Å². The van der Waals surface area contributed by atoms with Crippen molar-refractivity contribution in [1.29, 1.82) is 0 Å². The molecule has 0 aromatic heterocycles. The van der Waals surface area contributed by atoms with Gasteiger partial charge in [-0.3, -0.25) is 9.59 Å². The smallest absolute Gasteiger partial charge is 0.307 e. The minimum atomic E-state index is -0.799. The van der Waals surface area contributed by atoms with Crippen molar-refractivity contribution in [2.45, 2.75) is 39.7 Å². The molecule has 2 aromatic carbocycles. The normalized spacial score (nSPS) is 9.92. The summed E-state index contributed by atoms with van der Waals surface area (Å²) < 4.78 is 5.90. The summed E-state index contributed by atoms with van der Waals surface area (Å²) in [5.41, 5.74) is 2.78. The van der Waals surface area contributed by atoms with Crippen LogP contribution in [0.15, 0.2) is 53.0 Å². The van der Waals surface area contributed by atoms with Gasteiger partial charge in [0.25, 0.3) is 0 Å². The second kappa shape index (κ2) is 12.4. The van der Waals surface area contributed by atoms with Gasteiger partial charge in [0, 0.05) is 17.1 Å². The van der Waals surface area contributed by atoms with Crippen molar-refractivity contribution in [3.63, 3.8) is 0 Å². The first-order valence-corrected chi connectivity index (χ1v) is 8.90. The summed E-state index contributed by atoms with van der Waals surface area (Å²) in [7, 11) is 1.71. The van der Waals surface area contributed by atoms with E-state index in [0.717, 1.165) is 21.9 Å². The fourth-order valence-corrected chi connectivity index (χ4v) is 1.69. The molecule has 142 valence electrons. The number of aldehydes is 1. The molecule has 0 aliphatic heterocycles. The maximum absolute atomic E-state index is 10.2. The number of rotatable bonds is 3. The standard InChI is InChI=1S/C8H7BrO2.C8H8O.C5H12O/c9-7-3-1-6(2-4-7)5-8(10)11;1-7-2-4-8(6-9)5-3-7;1-5(2,3)6-4/h1-4H,5H2,(H,10,11);2-6H,1H3;1-4H3. The number of carboxylic acids is 1. The fraction of sp³-hybridized carbons (Fsp3) is 0.333. The maximum Gasteiger partial charge on any atom is 0.307 e. The van der Waals surface area contributed by atoms with E-state index in [4.69, 9.17) is 9.84 Å². The molecule has 2 rings (SSSR count). The number of halogens is 1. The highest BCUT2D eigenvalue weighted by molar-refractivity contribution is 9.10. The van der Waals surface area contributed by atoms with Crippen LogP contribution in [-0.2, 0) is 16.0 Å². The lowest BCUT2D eigenvalue weighted by atomic mass is 10.2. The van der Waals surface area contributed by atoms with Crippen LogP contribution in [0.4, 0.5) is 0 Å². The molecule has 0 aliphatic carbocycles. The van der Waals surface area contributed by atoms with Crippen LogP contribution in [-0.4, -0.2) is 30.1 Å². The Morgan fingerprint density at radius 1 is 1.08 bits per heavy atom. The number of carbonyl (C=O) groups is 2. The van der Waals surface area contributed by atoms with Gasteiger partial charge in [0.1, 0.15) is 6.29 Å². The second-order valence-electron chi connectivity index (χ2n) is 6.54. The molecule has 0 amide bonds. The van der Waals surface area contributed by atoms with Crippen LogP contribution in [0.1, 0.15) is 42.3 Å². The first-order valence-electron chi connectivity index (χ1n) is 8.10. The molecule has 4 nitrogen and oxygen atoms in total. The number of hydrogen-bond donors (Lipinski definition) is 1. The van der Waals surface area contributed by atoms with E-state index in [0.29, 0.717) is 0 Å². The molecule has 0 heterocycles. The van der Waals surface area contributed by atoms with E-state index in [1.807, 2.05) is 64.1 Å². The number of hydrogen-bond acceptors (Lipinski definition) is 3. The van der Waals surface area contributed by atoms with Crippen molar-refractivity contribution in [2.24, 2.45) is 0 Å². The quantitative estimate of drug-likeness (QED) is 0.680. The van der Waals surface area contributed by atoms with Crippen LogP contribution >= 0.6 is 15.9 Å². The van der Waals surface area contributed by atoms with Gasteiger partial charge in [-0.15, -0.1) is 0 Å². The van der Waals surface area contributed by atoms with E-state index in [1.54, 1.807) is 19.2 Å². The lowest BCUT2D eigenvalue weighted by Crippen LogP contribution is -2.15. The molecule has 0 saturated heterocycles. The second-order valence-corrected chi connectivity index (χ2v) is 7.46. The summed E-state index contributed by atoms with van der Waals surface area (Å²) in [6.45, 7) is 8.06. The zero-order chi connectivity index (χ0) is 20.2. The molecule has 0 radical (unpaired) electrons. The highest BCUT2D eigenvalue weighted by Crippen LogP contribution is 2.10. The largest absolute Gasteiger partial charge is 0.481 e. The molecule has 0 saturated carbocycles. The Morgan fingerprint density at radius 3 is 1.88 bits per heavy atom. The monoisotopic (exact) mass is 422 g/mol. The highest BCUT2D eigenvalue weighted by atomic mass is 79.9. The highest BCUT2D eigenvalue weighted by Gasteiger charge is 2.04. The summed E-state index contributed by atoms with van der Waals surface area (Å²) in [6, 6.07) is 14.7. The number of aryl methyl sites for hydroxylation is 1. The van der Waals surface area contributed by atoms with Crippen LogP contribution in [0.25, 0.3) is 0 Å². The van der Waals surface area contributed by atoms with Gasteiger partial charge in [0.15, 0.2) is 0 Å². The number of carbonyl (C=O) groups excluding carboxylic acids is 1. The summed E-state index contributed by atoms with van der Waals surface area (Å²) in [4.78, 5) is 20.4. The Hall–Kier alpha value is -1.98. The van der Waals surface area contributed by atoms with Gasteiger partial charge in [0.05, 0.1) is 12.0 Å². The lowest BCUT2D eigenvalue weighted by molar-refractivity contribution is -0.136. The predicted octanol–water partition coefficient (Wildman–Crippen LogP) is 5.32. The number of ether oxygens (including phenoxy) is 1. The Kier molecular flexibility index (Phi) is 11.4. The SMILES string of the molecule is COC(C)(C)C.Cc1ccc(C=O)cc1.O=C(O)Cc1ccc(Br)cc1. The Morgan fingerprint density at radius 2 is 1.54 bits per heavy atom. The molecule has 0 spiro atoms. The Balaban J connectivity index is 0.000000378. The Labute approximate surface area is 164 Å². The first kappa shape index (κ1) is 24.0. The number of benzene rings is 2. The molecule has 0 aliphatic rings. The van der Waals surface area contributed by atoms with Gasteiger partial charge in [-0.25, -0.2) is 0 Å². The summed E-state index contributed by atoms with van der Waals surface area (Å²) in [6.07, 6.45) is 0.937. The van der Waals surface area contributed by atoms with Gasteiger partial charge < -0.3 is 9.84 Å². The fourth-order valence-electron chi connectivity index (χ4n) is 1.42. The molecular weight excluding hydrogens is 396 g/mol. The minimum absolute atomic E-state index is 0.0417. The molecule has 1 N–H and O–H groups in total. The third kappa shape index (κ3) is 13.3. The van der Waals surface area contributed by atoms with Crippen LogP contribution in [0.5, 0.6) is 0 Å². The zero-order valence-electron chi connectivity index (χ0n) is 16.0. The summed E-state index contributed by atoms with van der Waals surface area (Å²) >= 11 is 3.26. The van der Waals surface area contributed by atoms with Crippen molar-refractivity contribution in [3.05, 3.63) is 69.7 Å². The number of methoxy groups -OCH3 is 1. The zero-order valence-corrected chi connectivity index (χ0v) is 17.5. The molecule has 0 atom stereocenters. The predicted molar refractivity (Wildman–Crippen MR) is 109 cm³/mol. The van der Waals surface area contributed by atoms with Crippen molar-refractivity contribution >= 4 is 28.2 Å². The molecule has 0 unspecified atom stereocenters. The van der Waals surface area contributed by atoms with Crippen molar-refractivity contribution in [2.75, 3.05) is 7.11 Å². The van der Waals surface area contributed by atoms with E-state index < -0.39 is 5.97 Å². The van der Waals surface area contributed by atoms with Crippen molar-refractivity contribution < 1.29 is 19.4 Å². The van der Waals surface area contributed by atoms with Crippen molar-refractivity contribution in [3.8, 4) is 0 Å². The summed E-state index contributed by atoms with van der Waals surface area (Å²) in [5, 5.41) is 8.42. The van der Waals surface area contributed by atoms with Gasteiger partial charge in [0.2, 0.25) is 0 Å². The van der Waals surface area contributed by atoms with E-state index in [2.05, 4.69) is 15.9 Å². The first-order chi connectivity index (χ1) is 12.1. The van der Waals surface area contributed by atoms with Gasteiger partial charge in [-0.1, -0.05) is 57.9 Å². The minimum Gasteiger partial charge on any atom is -0.481 e. The van der Waals surface area contributed by atoms with Gasteiger partial charge >= 0.3 is 5.97 Å². The van der Waals surface area contributed by atoms with Gasteiger partial charge in [-0.05, 0) is 45.4 Å². The van der Waals surface area contributed by atoms with E-state index in [9.17, 15) is 9.59 Å². The van der Waals surface area contributed by atoms with Crippen LogP contribution in [0.3, 0.4) is 0 Å². The van der Waals surface area contributed by atoms with Crippen LogP contribution in [0.2, 0.25) is 0 Å². The molecule has 26 heavy (non-hydrogen) atoms. The van der Waals surface area contributed by atoms with Crippen molar-refractivity contribution in [1.82, 2.24) is 0 Å². The molecular formula is C21H27BrO4. The Bertz CT molecular complexity index is 656. The van der Waals surface area contributed by atoms with E-state index in [1.165, 1.54) is 5.56 Å². The topological polar surface area (TPSA) is 63.6 Å². The number of carboxylic acid groups (broad SMARTS) is 1. The van der Waals surface area contributed by atoms with E-state index >= 15 is 0 Å². The summed E-state index contributed by atoms with van der Waals surface area (Å²) in [5.74, 6) is -0.799. The maximum atomic E-state index is 10.2. The average Bonchev–Trinajstić information content (AvgIpc) is 2.58. The number of aliphatic carboxylic acids is 1. The third-order valence-corrected chi connectivity index (χ3v) is 3.62. The molecule has 2 aromatic rings.